The standard InChI is InChI=1S/C18H31NO2/c1-6-16(5)19(12-18(20)13-21-14(2)3)11-17-9-7-15(4)8-10-17/h7-10,14,16,18,20H,6,11-13H2,1-5H3/t16-,18+/m0/s1. The van der Waals surface area contributed by atoms with Crippen LogP contribution < -0.4 is 0 Å². The van der Waals surface area contributed by atoms with E-state index in [1.807, 2.05) is 13.8 Å². The van der Waals surface area contributed by atoms with Crippen LogP contribution in [0.1, 0.15) is 45.2 Å². The predicted octanol–water partition coefficient (Wildman–Crippen LogP) is 3.38. The molecule has 21 heavy (non-hydrogen) atoms. The van der Waals surface area contributed by atoms with Crippen molar-refractivity contribution in [3.05, 3.63) is 35.4 Å². The first kappa shape index (κ1) is 18.1. The van der Waals surface area contributed by atoms with Crippen LogP contribution in [0.5, 0.6) is 0 Å². The molecule has 0 spiro atoms. The zero-order valence-electron chi connectivity index (χ0n) is 14.2. The number of rotatable bonds is 9. The van der Waals surface area contributed by atoms with Crippen LogP contribution in [-0.2, 0) is 11.3 Å². The van der Waals surface area contributed by atoms with Gasteiger partial charge in [0, 0.05) is 19.1 Å². The molecular formula is C18H31NO2. The van der Waals surface area contributed by atoms with E-state index in [0.29, 0.717) is 19.2 Å². The van der Waals surface area contributed by atoms with E-state index in [2.05, 4.69) is 49.9 Å². The molecule has 0 aliphatic rings. The number of hydrogen-bond acceptors (Lipinski definition) is 3. The fraction of sp³-hybridized carbons (Fsp3) is 0.667. The number of nitrogens with zero attached hydrogens (tertiary/aromatic N) is 1. The number of benzene rings is 1. The molecule has 0 unspecified atom stereocenters. The van der Waals surface area contributed by atoms with Crippen LogP contribution in [0, 0.1) is 6.92 Å². The summed E-state index contributed by atoms with van der Waals surface area (Å²) in [7, 11) is 0. The molecule has 120 valence electrons. The van der Waals surface area contributed by atoms with Crippen LogP contribution in [0.2, 0.25) is 0 Å². The maximum Gasteiger partial charge on any atom is 0.0900 e. The Morgan fingerprint density at radius 3 is 2.29 bits per heavy atom. The lowest BCUT2D eigenvalue weighted by atomic mass is 10.1. The molecule has 0 radical (unpaired) electrons. The Balaban J connectivity index is 2.61. The molecule has 3 heteroatoms. The molecule has 1 N–H and O–H groups in total. The van der Waals surface area contributed by atoms with E-state index in [0.717, 1.165) is 13.0 Å². The summed E-state index contributed by atoms with van der Waals surface area (Å²) in [6, 6.07) is 9.06. The second-order valence-electron chi connectivity index (χ2n) is 6.21. The highest BCUT2D eigenvalue weighted by Crippen LogP contribution is 2.12. The van der Waals surface area contributed by atoms with Gasteiger partial charge in [0.15, 0.2) is 0 Å². The summed E-state index contributed by atoms with van der Waals surface area (Å²) >= 11 is 0. The number of ether oxygens (including phenoxy) is 1. The Hall–Kier alpha value is -0.900. The second kappa shape index (κ2) is 9.19. The van der Waals surface area contributed by atoms with Gasteiger partial charge in [-0.15, -0.1) is 0 Å². The van der Waals surface area contributed by atoms with Crippen molar-refractivity contribution in [2.24, 2.45) is 0 Å². The molecule has 0 bridgehead atoms. The molecule has 0 heterocycles. The van der Waals surface area contributed by atoms with Gasteiger partial charge < -0.3 is 9.84 Å². The van der Waals surface area contributed by atoms with Crippen molar-refractivity contribution in [1.29, 1.82) is 0 Å². The molecule has 1 aromatic carbocycles. The molecule has 0 aliphatic heterocycles. The van der Waals surface area contributed by atoms with Gasteiger partial charge in [-0.05, 0) is 39.7 Å². The molecule has 0 saturated carbocycles. The van der Waals surface area contributed by atoms with Crippen molar-refractivity contribution in [1.82, 2.24) is 4.90 Å². The molecule has 0 amide bonds. The summed E-state index contributed by atoms with van der Waals surface area (Å²) in [6.45, 7) is 12.4. The fourth-order valence-corrected chi connectivity index (χ4v) is 2.21. The van der Waals surface area contributed by atoms with E-state index >= 15 is 0 Å². The van der Waals surface area contributed by atoms with Crippen LogP contribution in [0.15, 0.2) is 24.3 Å². The third-order valence-corrected chi connectivity index (χ3v) is 3.79. The summed E-state index contributed by atoms with van der Waals surface area (Å²) < 4.78 is 5.51. The normalized spacial score (nSPS) is 14.7. The Labute approximate surface area is 129 Å². The lowest BCUT2D eigenvalue weighted by molar-refractivity contribution is -0.0149. The number of aliphatic hydroxyl groups is 1. The van der Waals surface area contributed by atoms with Crippen LogP contribution in [0.3, 0.4) is 0 Å². The summed E-state index contributed by atoms with van der Waals surface area (Å²) in [4.78, 5) is 2.33. The van der Waals surface area contributed by atoms with Gasteiger partial charge in [-0.3, -0.25) is 4.90 Å². The molecule has 0 aliphatic carbocycles. The van der Waals surface area contributed by atoms with Crippen LogP contribution in [0.25, 0.3) is 0 Å². The van der Waals surface area contributed by atoms with Gasteiger partial charge in [-0.1, -0.05) is 36.8 Å². The minimum Gasteiger partial charge on any atom is -0.389 e. The molecule has 0 fully saturated rings. The topological polar surface area (TPSA) is 32.7 Å². The number of aliphatic hydroxyl groups excluding tert-OH is 1. The van der Waals surface area contributed by atoms with E-state index in [1.165, 1.54) is 11.1 Å². The van der Waals surface area contributed by atoms with Crippen molar-refractivity contribution >= 4 is 0 Å². The van der Waals surface area contributed by atoms with E-state index in [4.69, 9.17) is 4.74 Å². The van der Waals surface area contributed by atoms with E-state index in [-0.39, 0.29) is 6.10 Å². The van der Waals surface area contributed by atoms with Gasteiger partial charge in [0.2, 0.25) is 0 Å². The van der Waals surface area contributed by atoms with Crippen molar-refractivity contribution in [3.8, 4) is 0 Å². The molecule has 3 nitrogen and oxygen atoms in total. The summed E-state index contributed by atoms with van der Waals surface area (Å²) in [6.07, 6.45) is 0.796. The van der Waals surface area contributed by atoms with Gasteiger partial charge in [-0.2, -0.15) is 0 Å². The Bertz CT molecular complexity index is 389. The quantitative estimate of drug-likeness (QED) is 0.757. The highest BCUT2D eigenvalue weighted by molar-refractivity contribution is 5.21. The molecule has 0 saturated heterocycles. The second-order valence-corrected chi connectivity index (χ2v) is 6.21. The first-order chi connectivity index (χ1) is 9.92. The highest BCUT2D eigenvalue weighted by atomic mass is 16.5. The molecule has 0 aromatic heterocycles. The molecule has 1 aromatic rings. The molecular weight excluding hydrogens is 262 g/mol. The van der Waals surface area contributed by atoms with Crippen LogP contribution in [-0.4, -0.2) is 41.4 Å². The SMILES string of the molecule is CC[C@H](C)N(Cc1ccc(C)cc1)C[C@@H](O)COC(C)C. The van der Waals surface area contributed by atoms with Crippen LogP contribution in [0.4, 0.5) is 0 Å². The maximum atomic E-state index is 10.2. The van der Waals surface area contributed by atoms with Gasteiger partial charge in [0.05, 0.1) is 18.8 Å². The first-order valence-electron chi connectivity index (χ1n) is 8.01. The summed E-state index contributed by atoms with van der Waals surface area (Å²) in [5, 5.41) is 10.2. The van der Waals surface area contributed by atoms with Crippen molar-refractivity contribution in [2.75, 3.05) is 13.2 Å². The van der Waals surface area contributed by atoms with Crippen molar-refractivity contribution in [2.45, 2.75) is 65.8 Å². The Kier molecular flexibility index (Phi) is 7.94. The molecule has 1 rings (SSSR count). The third-order valence-electron chi connectivity index (χ3n) is 3.79. The Morgan fingerprint density at radius 1 is 1.14 bits per heavy atom. The first-order valence-corrected chi connectivity index (χ1v) is 8.01. The predicted molar refractivity (Wildman–Crippen MR) is 88.4 cm³/mol. The average molecular weight is 293 g/mol. The lowest BCUT2D eigenvalue weighted by Gasteiger charge is -2.30. The highest BCUT2D eigenvalue weighted by Gasteiger charge is 2.17. The minimum atomic E-state index is -0.438. The van der Waals surface area contributed by atoms with Gasteiger partial charge in [-0.25, -0.2) is 0 Å². The largest absolute Gasteiger partial charge is 0.389 e. The van der Waals surface area contributed by atoms with Crippen molar-refractivity contribution < 1.29 is 9.84 Å². The third kappa shape index (κ3) is 7.07. The lowest BCUT2D eigenvalue weighted by Crippen LogP contribution is -2.40. The summed E-state index contributed by atoms with van der Waals surface area (Å²) in [5.74, 6) is 0. The molecule has 2 atom stereocenters. The van der Waals surface area contributed by atoms with E-state index in [9.17, 15) is 5.11 Å². The average Bonchev–Trinajstić information content (AvgIpc) is 2.45. The van der Waals surface area contributed by atoms with Gasteiger partial charge in [0.25, 0.3) is 0 Å². The van der Waals surface area contributed by atoms with E-state index in [1.54, 1.807) is 0 Å². The zero-order valence-corrected chi connectivity index (χ0v) is 14.2. The Morgan fingerprint density at radius 2 is 1.76 bits per heavy atom. The monoisotopic (exact) mass is 293 g/mol. The minimum absolute atomic E-state index is 0.161. The maximum absolute atomic E-state index is 10.2. The fourth-order valence-electron chi connectivity index (χ4n) is 2.21. The number of hydrogen-bond donors (Lipinski definition) is 1. The van der Waals surface area contributed by atoms with Gasteiger partial charge >= 0.3 is 0 Å². The number of aryl methyl sites for hydroxylation is 1. The van der Waals surface area contributed by atoms with Gasteiger partial charge in [0.1, 0.15) is 0 Å². The smallest absolute Gasteiger partial charge is 0.0900 e. The van der Waals surface area contributed by atoms with Crippen molar-refractivity contribution in [3.63, 3.8) is 0 Å². The zero-order chi connectivity index (χ0) is 15.8. The summed E-state index contributed by atoms with van der Waals surface area (Å²) in [5.41, 5.74) is 2.57. The van der Waals surface area contributed by atoms with E-state index < -0.39 is 6.10 Å². The van der Waals surface area contributed by atoms with Crippen LogP contribution >= 0.6 is 0 Å².